The van der Waals surface area contributed by atoms with Crippen LogP contribution < -0.4 is 11.1 Å². The van der Waals surface area contributed by atoms with E-state index in [2.05, 4.69) is 17.2 Å². The van der Waals surface area contributed by atoms with Gasteiger partial charge in [0.2, 0.25) is 0 Å². The van der Waals surface area contributed by atoms with Gasteiger partial charge in [-0.1, -0.05) is 36.1 Å². The molecule has 100 valence electrons. The second-order valence-electron chi connectivity index (χ2n) is 4.36. The molecule has 3 nitrogen and oxygen atoms in total. The Morgan fingerprint density at radius 3 is 2.65 bits per heavy atom. The third-order valence-electron chi connectivity index (χ3n) is 2.86. The van der Waals surface area contributed by atoms with Crippen LogP contribution in [-0.4, -0.2) is 12.5 Å². The van der Waals surface area contributed by atoms with Crippen molar-refractivity contribution in [2.45, 2.75) is 6.92 Å². The van der Waals surface area contributed by atoms with Crippen molar-refractivity contribution in [3.63, 3.8) is 0 Å². The zero-order valence-electron chi connectivity index (χ0n) is 11.3. The van der Waals surface area contributed by atoms with Crippen LogP contribution in [0.1, 0.15) is 21.5 Å². The first-order valence-corrected chi connectivity index (χ1v) is 6.36. The third-order valence-corrected chi connectivity index (χ3v) is 2.86. The Bertz CT molecular complexity index is 666. The Balaban J connectivity index is 2.22. The van der Waals surface area contributed by atoms with Gasteiger partial charge in [0.25, 0.3) is 5.91 Å². The smallest absolute Gasteiger partial charge is 0.255 e. The lowest BCUT2D eigenvalue weighted by Crippen LogP contribution is -2.12. The summed E-state index contributed by atoms with van der Waals surface area (Å²) in [5.41, 5.74) is 8.59. The zero-order valence-corrected chi connectivity index (χ0v) is 11.3. The molecule has 0 spiro atoms. The Morgan fingerprint density at radius 2 is 1.95 bits per heavy atom. The van der Waals surface area contributed by atoms with E-state index in [1.165, 1.54) is 0 Å². The Labute approximate surface area is 118 Å². The molecule has 0 atom stereocenters. The fourth-order valence-corrected chi connectivity index (χ4v) is 1.77. The van der Waals surface area contributed by atoms with E-state index in [0.29, 0.717) is 12.1 Å². The summed E-state index contributed by atoms with van der Waals surface area (Å²) in [5, 5.41) is 2.85. The number of carbonyl (C=O) groups is 1. The van der Waals surface area contributed by atoms with E-state index < -0.39 is 0 Å². The second kappa shape index (κ2) is 6.55. The molecule has 0 saturated carbocycles. The van der Waals surface area contributed by atoms with Crippen molar-refractivity contribution < 1.29 is 4.79 Å². The fraction of sp³-hybridized carbons (Fsp3) is 0.118. The minimum Gasteiger partial charge on any atom is -0.322 e. The number of hydrogen-bond donors (Lipinski definition) is 2. The fourth-order valence-electron chi connectivity index (χ4n) is 1.77. The van der Waals surface area contributed by atoms with Crippen molar-refractivity contribution in [2.75, 3.05) is 11.9 Å². The van der Waals surface area contributed by atoms with Crippen molar-refractivity contribution >= 4 is 11.6 Å². The Hall–Kier alpha value is -2.57. The van der Waals surface area contributed by atoms with E-state index in [1.807, 2.05) is 43.3 Å². The van der Waals surface area contributed by atoms with E-state index in [9.17, 15) is 4.79 Å². The van der Waals surface area contributed by atoms with Crippen molar-refractivity contribution in [1.29, 1.82) is 0 Å². The molecule has 0 fully saturated rings. The highest BCUT2D eigenvalue weighted by atomic mass is 16.1. The molecule has 0 unspecified atom stereocenters. The van der Waals surface area contributed by atoms with Crippen molar-refractivity contribution in [1.82, 2.24) is 0 Å². The summed E-state index contributed by atoms with van der Waals surface area (Å²) in [4.78, 5) is 12.2. The predicted octanol–water partition coefficient (Wildman–Crippen LogP) is 2.56. The van der Waals surface area contributed by atoms with Gasteiger partial charge in [-0.25, -0.2) is 0 Å². The number of benzene rings is 2. The standard InChI is InChI=1S/C17H16N2O/c1-13-9-10-15(12-14(13)6-5-11-18)17(20)19-16-7-3-2-4-8-16/h2-4,7-10,12H,11,18H2,1H3,(H,19,20). The van der Waals surface area contributed by atoms with Gasteiger partial charge in [-0.05, 0) is 36.8 Å². The van der Waals surface area contributed by atoms with Crippen LogP contribution in [0.25, 0.3) is 0 Å². The zero-order chi connectivity index (χ0) is 14.4. The molecule has 0 bridgehead atoms. The van der Waals surface area contributed by atoms with Crippen molar-refractivity contribution in [3.05, 3.63) is 65.2 Å². The molecule has 0 aliphatic rings. The maximum atomic E-state index is 12.2. The predicted molar refractivity (Wildman–Crippen MR) is 81.5 cm³/mol. The monoisotopic (exact) mass is 264 g/mol. The van der Waals surface area contributed by atoms with Gasteiger partial charge in [-0.2, -0.15) is 0 Å². The van der Waals surface area contributed by atoms with Gasteiger partial charge in [-0.3, -0.25) is 4.79 Å². The molecule has 2 rings (SSSR count). The number of para-hydroxylation sites is 1. The van der Waals surface area contributed by atoms with Crippen LogP contribution in [-0.2, 0) is 0 Å². The quantitative estimate of drug-likeness (QED) is 0.819. The molecule has 0 heterocycles. The molecule has 0 aliphatic heterocycles. The minimum absolute atomic E-state index is 0.146. The van der Waals surface area contributed by atoms with Crippen LogP contribution in [0, 0.1) is 18.8 Å². The molecule has 1 amide bonds. The van der Waals surface area contributed by atoms with E-state index in [4.69, 9.17) is 5.73 Å². The lowest BCUT2D eigenvalue weighted by molar-refractivity contribution is 0.102. The number of anilines is 1. The molecule has 0 radical (unpaired) electrons. The molecule has 2 aromatic carbocycles. The molecule has 3 heteroatoms. The van der Waals surface area contributed by atoms with Gasteiger partial charge in [-0.15, -0.1) is 0 Å². The molecule has 3 N–H and O–H groups in total. The largest absolute Gasteiger partial charge is 0.322 e. The summed E-state index contributed by atoms with van der Waals surface area (Å²) in [6.45, 7) is 2.26. The summed E-state index contributed by atoms with van der Waals surface area (Å²) in [6, 6.07) is 14.8. The molecule has 0 saturated heterocycles. The molecule has 2 aromatic rings. The molecular weight excluding hydrogens is 248 g/mol. The first-order valence-electron chi connectivity index (χ1n) is 6.36. The van der Waals surface area contributed by atoms with Crippen LogP contribution in [0.4, 0.5) is 5.69 Å². The maximum absolute atomic E-state index is 12.2. The van der Waals surface area contributed by atoms with Gasteiger partial charge < -0.3 is 11.1 Å². The summed E-state index contributed by atoms with van der Waals surface area (Å²) >= 11 is 0. The highest BCUT2D eigenvalue weighted by Crippen LogP contribution is 2.13. The molecule has 0 aromatic heterocycles. The van der Waals surface area contributed by atoms with Gasteiger partial charge in [0.1, 0.15) is 0 Å². The van der Waals surface area contributed by atoms with Crippen LogP contribution in [0.3, 0.4) is 0 Å². The average Bonchev–Trinajstić information content (AvgIpc) is 2.47. The van der Waals surface area contributed by atoms with Crippen LogP contribution in [0.15, 0.2) is 48.5 Å². The number of rotatable bonds is 2. The normalized spacial score (nSPS) is 9.50. The summed E-state index contributed by atoms with van der Waals surface area (Å²) in [6.07, 6.45) is 0. The number of hydrogen-bond acceptors (Lipinski definition) is 2. The van der Waals surface area contributed by atoms with Gasteiger partial charge in [0, 0.05) is 16.8 Å². The van der Waals surface area contributed by atoms with Crippen LogP contribution >= 0.6 is 0 Å². The highest BCUT2D eigenvalue weighted by Gasteiger charge is 2.07. The first-order chi connectivity index (χ1) is 9.70. The summed E-state index contributed by atoms with van der Waals surface area (Å²) < 4.78 is 0. The third kappa shape index (κ3) is 3.47. The topological polar surface area (TPSA) is 55.1 Å². The summed E-state index contributed by atoms with van der Waals surface area (Å²) in [7, 11) is 0. The minimum atomic E-state index is -0.146. The summed E-state index contributed by atoms with van der Waals surface area (Å²) in [5.74, 6) is 5.64. The number of nitrogens with two attached hydrogens (primary N) is 1. The van der Waals surface area contributed by atoms with Gasteiger partial charge >= 0.3 is 0 Å². The van der Waals surface area contributed by atoms with Crippen LogP contribution in [0.5, 0.6) is 0 Å². The second-order valence-corrected chi connectivity index (χ2v) is 4.36. The van der Waals surface area contributed by atoms with E-state index in [-0.39, 0.29) is 5.91 Å². The number of carbonyl (C=O) groups excluding carboxylic acids is 1. The van der Waals surface area contributed by atoms with Gasteiger partial charge in [0.15, 0.2) is 0 Å². The van der Waals surface area contributed by atoms with E-state index >= 15 is 0 Å². The lowest BCUT2D eigenvalue weighted by Gasteiger charge is -2.06. The Kier molecular flexibility index (Phi) is 4.54. The van der Waals surface area contributed by atoms with Crippen LogP contribution in [0.2, 0.25) is 0 Å². The van der Waals surface area contributed by atoms with Crippen molar-refractivity contribution in [3.8, 4) is 11.8 Å². The Morgan fingerprint density at radius 1 is 1.20 bits per heavy atom. The van der Waals surface area contributed by atoms with E-state index in [1.54, 1.807) is 12.1 Å². The average molecular weight is 264 g/mol. The molecule has 20 heavy (non-hydrogen) atoms. The number of nitrogens with one attached hydrogen (secondary N) is 1. The molecular formula is C17H16N2O. The highest BCUT2D eigenvalue weighted by molar-refractivity contribution is 6.04. The van der Waals surface area contributed by atoms with Crippen molar-refractivity contribution in [2.24, 2.45) is 5.73 Å². The lowest BCUT2D eigenvalue weighted by atomic mass is 10.0. The van der Waals surface area contributed by atoms with Gasteiger partial charge in [0.05, 0.1) is 6.54 Å². The number of amides is 1. The molecule has 0 aliphatic carbocycles. The first kappa shape index (κ1) is 13.9. The maximum Gasteiger partial charge on any atom is 0.255 e. The SMILES string of the molecule is Cc1ccc(C(=O)Nc2ccccc2)cc1C#CCN. The number of aryl methyl sites for hydroxylation is 1. The van der Waals surface area contributed by atoms with E-state index in [0.717, 1.165) is 16.8 Å².